The van der Waals surface area contributed by atoms with Crippen molar-refractivity contribution >= 4 is 29.6 Å². The smallest absolute Gasteiger partial charge is 0.329 e. The monoisotopic (exact) mass is 495 g/mol. The number of hydrogen-bond donors (Lipinski definition) is 2. The second kappa shape index (κ2) is 13.0. The lowest BCUT2D eigenvalue weighted by Gasteiger charge is -2.10. The van der Waals surface area contributed by atoms with Crippen molar-refractivity contribution in [3.05, 3.63) is 88.4 Å². The summed E-state index contributed by atoms with van der Waals surface area (Å²) in [5.74, 6) is 0.230. The number of benzene rings is 3. The summed E-state index contributed by atoms with van der Waals surface area (Å²) in [6.07, 6.45) is 1.95. The third-order valence-corrected chi connectivity index (χ3v) is 5.16. The molecule has 0 radical (unpaired) electrons. The number of nitrogens with zero attached hydrogens (tertiary/aromatic N) is 1. The molecule has 8 nitrogen and oxygen atoms in total. The Morgan fingerprint density at radius 2 is 1.66 bits per heavy atom. The first-order valence-electron chi connectivity index (χ1n) is 10.8. The van der Waals surface area contributed by atoms with Gasteiger partial charge in [0.1, 0.15) is 12.4 Å². The standard InChI is InChI=1S/C26H26ClN3O5/c1-33-23-11-8-18(15-24(23)34-2)12-13-28-25(31)26(32)30-29-16-20-4-3-5-22(14-20)35-17-19-6-9-21(27)10-7-19/h3-11,14-16H,12-13,17H2,1-2H3,(H,28,31)(H,30,32)/b29-16-. The molecule has 3 aromatic rings. The van der Waals surface area contributed by atoms with Crippen molar-refractivity contribution in [2.75, 3.05) is 20.8 Å². The van der Waals surface area contributed by atoms with Gasteiger partial charge in [-0.15, -0.1) is 0 Å². The zero-order valence-corrected chi connectivity index (χ0v) is 20.2. The summed E-state index contributed by atoms with van der Waals surface area (Å²) in [4.78, 5) is 24.0. The number of hydrogen-bond acceptors (Lipinski definition) is 6. The minimum atomic E-state index is -0.858. The van der Waals surface area contributed by atoms with E-state index in [-0.39, 0.29) is 6.54 Å². The first kappa shape index (κ1) is 25.6. The molecule has 0 aliphatic rings. The van der Waals surface area contributed by atoms with Crippen LogP contribution in [-0.4, -0.2) is 38.8 Å². The van der Waals surface area contributed by atoms with E-state index in [1.807, 2.05) is 30.3 Å². The van der Waals surface area contributed by atoms with Gasteiger partial charge in [-0.05, 0) is 59.5 Å². The molecule has 0 saturated carbocycles. The molecule has 0 saturated heterocycles. The Morgan fingerprint density at radius 1 is 0.914 bits per heavy atom. The van der Waals surface area contributed by atoms with Crippen LogP contribution < -0.4 is 25.0 Å². The Hall–Kier alpha value is -4.04. The van der Waals surface area contributed by atoms with E-state index in [1.165, 1.54) is 6.21 Å². The van der Waals surface area contributed by atoms with E-state index in [9.17, 15) is 9.59 Å². The molecule has 2 amide bonds. The number of carbonyl (C=O) groups excluding carboxylic acids is 2. The largest absolute Gasteiger partial charge is 0.493 e. The second-order valence-electron chi connectivity index (χ2n) is 7.38. The van der Waals surface area contributed by atoms with Crippen LogP contribution in [0.25, 0.3) is 0 Å². The van der Waals surface area contributed by atoms with Crippen molar-refractivity contribution in [3.63, 3.8) is 0 Å². The maximum Gasteiger partial charge on any atom is 0.329 e. The first-order chi connectivity index (χ1) is 17.0. The van der Waals surface area contributed by atoms with E-state index in [1.54, 1.807) is 50.6 Å². The van der Waals surface area contributed by atoms with Gasteiger partial charge in [0.2, 0.25) is 0 Å². The van der Waals surface area contributed by atoms with Crippen LogP contribution >= 0.6 is 11.6 Å². The summed E-state index contributed by atoms with van der Waals surface area (Å²) < 4.78 is 16.2. The van der Waals surface area contributed by atoms with Crippen molar-refractivity contribution in [3.8, 4) is 17.2 Å². The number of amides is 2. The summed E-state index contributed by atoms with van der Waals surface area (Å²) in [6, 6.07) is 20.1. The van der Waals surface area contributed by atoms with E-state index < -0.39 is 11.8 Å². The average Bonchev–Trinajstić information content (AvgIpc) is 2.88. The zero-order chi connectivity index (χ0) is 25.0. The van der Waals surface area contributed by atoms with Gasteiger partial charge in [-0.25, -0.2) is 5.43 Å². The van der Waals surface area contributed by atoms with Crippen LogP contribution in [-0.2, 0) is 22.6 Å². The number of carbonyl (C=O) groups is 2. The normalized spacial score (nSPS) is 10.6. The molecule has 2 N–H and O–H groups in total. The maximum atomic E-state index is 12.0. The molecule has 0 spiro atoms. The first-order valence-corrected chi connectivity index (χ1v) is 11.2. The lowest BCUT2D eigenvalue weighted by atomic mass is 10.1. The summed E-state index contributed by atoms with van der Waals surface area (Å²) in [5.41, 5.74) is 4.84. The Kier molecular flexibility index (Phi) is 9.50. The topological polar surface area (TPSA) is 98.2 Å². The Balaban J connectivity index is 1.43. The molecule has 0 unspecified atom stereocenters. The minimum Gasteiger partial charge on any atom is -0.493 e. The maximum absolute atomic E-state index is 12.0. The molecule has 0 atom stereocenters. The highest BCUT2D eigenvalue weighted by atomic mass is 35.5. The van der Waals surface area contributed by atoms with E-state index >= 15 is 0 Å². The highest BCUT2D eigenvalue weighted by molar-refractivity contribution is 6.35. The lowest BCUT2D eigenvalue weighted by Crippen LogP contribution is -2.38. The van der Waals surface area contributed by atoms with Gasteiger partial charge in [-0.2, -0.15) is 5.10 Å². The third-order valence-electron chi connectivity index (χ3n) is 4.91. The lowest BCUT2D eigenvalue weighted by molar-refractivity contribution is -0.139. The van der Waals surface area contributed by atoms with E-state index in [0.29, 0.717) is 40.9 Å². The molecule has 0 aliphatic heterocycles. The molecular weight excluding hydrogens is 470 g/mol. The molecule has 35 heavy (non-hydrogen) atoms. The minimum absolute atomic E-state index is 0.276. The summed E-state index contributed by atoms with van der Waals surface area (Å²) in [5, 5.41) is 7.09. The second-order valence-corrected chi connectivity index (χ2v) is 7.82. The Bertz CT molecular complexity index is 1180. The van der Waals surface area contributed by atoms with Gasteiger partial charge in [0.15, 0.2) is 11.5 Å². The van der Waals surface area contributed by atoms with Crippen molar-refractivity contribution in [1.29, 1.82) is 0 Å². The fraction of sp³-hybridized carbons (Fsp3) is 0.192. The van der Waals surface area contributed by atoms with Crippen LogP contribution in [0.1, 0.15) is 16.7 Å². The summed E-state index contributed by atoms with van der Waals surface area (Å²) >= 11 is 5.89. The number of rotatable bonds is 10. The molecule has 182 valence electrons. The van der Waals surface area contributed by atoms with Gasteiger partial charge in [-0.3, -0.25) is 9.59 Å². The summed E-state index contributed by atoms with van der Waals surface area (Å²) in [6.45, 7) is 0.663. The molecule has 0 aliphatic carbocycles. The van der Waals surface area contributed by atoms with Crippen LogP contribution in [0.4, 0.5) is 0 Å². The Labute approximate surface area is 208 Å². The Morgan fingerprint density at radius 3 is 2.40 bits per heavy atom. The fourth-order valence-electron chi connectivity index (χ4n) is 3.08. The quantitative estimate of drug-likeness (QED) is 0.253. The van der Waals surface area contributed by atoms with Crippen LogP contribution in [0, 0.1) is 0 Å². The van der Waals surface area contributed by atoms with Gasteiger partial charge < -0.3 is 19.5 Å². The van der Waals surface area contributed by atoms with Crippen LogP contribution in [0.2, 0.25) is 5.02 Å². The molecule has 3 rings (SSSR count). The molecule has 0 heterocycles. The third kappa shape index (κ3) is 8.04. The van der Waals surface area contributed by atoms with E-state index in [2.05, 4.69) is 15.8 Å². The van der Waals surface area contributed by atoms with Crippen molar-refractivity contribution in [1.82, 2.24) is 10.7 Å². The highest BCUT2D eigenvalue weighted by Crippen LogP contribution is 2.27. The number of hydrazone groups is 1. The molecular formula is C26H26ClN3O5. The average molecular weight is 496 g/mol. The van der Waals surface area contributed by atoms with Crippen LogP contribution in [0.5, 0.6) is 17.2 Å². The molecule has 0 fully saturated rings. The number of ether oxygens (including phenoxy) is 3. The predicted molar refractivity (Wildman–Crippen MR) is 134 cm³/mol. The number of methoxy groups -OCH3 is 2. The predicted octanol–water partition coefficient (Wildman–Crippen LogP) is 3.75. The van der Waals surface area contributed by atoms with Gasteiger partial charge in [0.25, 0.3) is 0 Å². The highest BCUT2D eigenvalue weighted by Gasteiger charge is 2.12. The van der Waals surface area contributed by atoms with Crippen molar-refractivity contribution in [2.45, 2.75) is 13.0 Å². The SMILES string of the molecule is COc1ccc(CCNC(=O)C(=O)N/N=C\c2cccc(OCc3ccc(Cl)cc3)c2)cc1OC. The fourth-order valence-corrected chi connectivity index (χ4v) is 3.21. The zero-order valence-electron chi connectivity index (χ0n) is 19.4. The van der Waals surface area contributed by atoms with Crippen molar-refractivity contribution < 1.29 is 23.8 Å². The number of nitrogens with one attached hydrogen (secondary N) is 2. The van der Waals surface area contributed by atoms with Crippen molar-refractivity contribution in [2.24, 2.45) is 5.10 Å². The molecule has 3 aromatic carbocycles. The molecule has 0 aromatic heterocycles. The summed E-state index contributed by atoms with van der Waals surface area (Å²) in [7, 11) is 3.12. The van der Waals surface area contributed by atoms with E-state index in [4.69, 9.17) is 25.8 Å². The van der Waals surface area contributed by atoms with Crippen LogP contribution in [0.3, 0.4) is 0 Å². The van der Waals surface area contributed by atoms with Gasteiger partial charge in [0, 0.05) is 11.6 Å². The van der Waals surface area contributed by atoms with Gasteiger partial charge in [-0.1, -0.05) is 41.9 Å². The van der Waals surface area contributed by atoms with Crippen LogP contribution in [0.15, 0.2) is 71.8 Å². The van der Waals surface area contributed by atoms with E-state index in [0.717, 1.165) is 11.1 Å². The number of halogens is 1. The van der Waals surface area contributed by atoms with Gasteiger partial charge in [0.05, 0.1) is 20.4 Å². The molecule has 9 heteroatoms. The van der Waals surface area contributed by atoms with Gasteiger partial charge >= 0.3 is 11.8 Å². The molecule has 0 bridgehead atoms.